The van der Waals surface area contributed by atoms with Crippen molar-refractivity contribution in [1.29, 1.82) is 0 Å². The Morgan fingerprint density at radius 3 is 2.86 bits per heavy atom. The summed E-state index contributed by atoms with van der Waals surface area (Å²) in [5.41, 5.74) is 6.65. The van der Waals surface area contributed by atoms with Crippen molar-refractivity contribution >= 4 is 33.0 Å². The maximum absolute atomic E-state index is 12.3. The van der Waals surface area contributed by atoms with Gasteiger partial charge in [-0.25, -0.2) is 0 Å². The number of amides is 1. The maximum atomic E-state index is 12.3. The molecule has 21 heavy (non-hydrogen) atoms. The fourth-order valence-electron chi connectivity index (χ4n) is 3.16. The molecule has 4 N–H and O–H groups in total. The van der Waals surface area contributed by atoms with E-state index in [0.717, 1.165) is 29.3 Å². The van der Waals surface area contributed by atoms with Crippen LogP contribution in [0.2, 0.25) is 0 Å². The first-order valence-corrected chi connectivity index (χ1v) is 8.18. The van der Waals surface area contributed by atoms with E-state index in [4.69, 9.17) is 5.73 Å². The van der Waals surface area contributed by atoms with Crippen molar-refractivity contribution in [1.82, 2.24) is 5.32 Å². The number of aliphatic hydroxyl groups is 1. The van der Waals surface area contributed by atoms with E-state index in [1.165, 1.54) is 11.3 Å². The van der Waals surface area contributed by atoms with E-state index < -0.39 is 0 Å². The molecule has 1 aliphatic rings. The molecule has 1 amide bonds. The fourth-order valence-corrected chi connectivity index (χ4v) is 4.20. The number of nitrogen functional groups attached to an aromatic ring is 1. The fraction of sp³-hybridized carbons (Fsp3) is 0.438. The van der Waals surface area contributed by atoms with E-state index in [0.29, 0.717) is 28.9 Å². The molecule has 2 atom stereocenters. The summed E-state index contributed by atoms with van der Waals surface area (Å²) < 4.78 is 1.04. The molecule has 3 rings (SSSR count). The highest BCUT2D eigenvalue weighted by molar-refractivity contribution is 7.21. The average molecular weight is 304 g/mol. The molecule has 0 bridgehead atoms. The molecule has 0 saturated heterocycles. The van der Waals surface area contributed by atoms with Crippen molar-refractivity contribution in [3.8, 4) is 0 Å². The van der Waals surface area contributed by atoms with Gasteiger partial charge in [0.1, 0.15) is 4.88 Å². The van der Waals surface area contributed by atoms with E-state index in [-0.39, 0.29) is 12.5 Å². The molecule has 2 aromatic rings. The lowest BCUT2D eigenvalue weighted by Crippen LogP contribution is -2.31. The lowest BCUT2D eigenvalue weighted by Gasteiger charge is -2.17. The first-order chi connectivity index (χ1) is 10.2. The molecule has 0 spiro atoms. The van der Waals surface area contributed by atoms with Gasteiger partial charge in [0.2, 0.25) is 0 Å². The van der Waals surface area contributed by atoms with Crippen LogP contribution in [0.1, 0.15) is 28.9 Å². The van der Waals surface area contributed by atoms with Crippen LogP contribution in [0.3, 0.4) is 0 Å². The number of fused-ring (bicyclic) bond motifs is 1. The molecule has 1 aromatic carbocycles. The van der Waals surface area contributed by atoms with Crippen molar-refractivity contribution in [3.63, 3.8) is 0 Å². The number of nitrogens with two attached hydrogens (primary N) is 1. The monoisotopic (exact) mass is 304 g/mol. The summed E-state index contributed by atoms with van der Waals surface area (Å²) in [7, 11) is 0. The van der Waals surface area contributed by atoms with Crippen LogP contribution in [0.25, 0.3) is 10.1 Å². The molecule has 1 heterocycles. The number of hydrogen-bond acceptors (Lipinski definition) is 4. The number of carbonyl (C=O) groups is 1. The predicted octanol–water partition coefficient (Wildman–Crippen LogP) is 2.62. The smallest absolute Gasteiger partial charge is 0.263 e. The summed E-state index contributed by atoms with van der Waals surface area (Å²) in [6, 6.07) is 7.80. The molecular weight excluding hydrogens is 284 g/mol. The molecule has 1 aliphatic carbocycles. The molecule has 0 aliphatic heterocycles. The standard InChI is InChI=1S/C16H20N2O2S/c17-14-12-6-1-2-7-13(12)21-15(14)16(20)18-8-10-4-3-5-11(10)9-19/h1-2,6-7,10-11,19H,3-5,8-9,17H2,(H,18,20). The average Bonchev–Trinajstić information content (AvgIpc) is 3.09. The molecule has 4 nitrogen and oxygen atoms in total. The van der Waals surface area contributed by atoms with Gasteiger partial charge in [0, 0.05) is 23.2 Å². The second-order valence-corrected chi connectivity index (χ2v) is 6.74. The summed E-state index contributed by atoms with van der Waals surface area (Å²) in [6.45, 7) is 0.837. The summed E-state index contributed by atoms with van der Waals surface area (Å²) >= 11 is 1.43. The predicted molar refractivity (Wildman–Crippen MR) is 86.5 cm³/mol. The second-order valence-electron chi connectivity index (χ2n) is 5.68. The van der Waals surface area contributed by atoms with Gasteiger partial charge < -0.3 is 16.2 Å². The van der Waals surface area contributed by atoms with Gasteiger partial charge in [-0.1, -0.05) is 24.6 Å². The highest BCUT2D eigenvalue weighted by atomic mass is 32.1. The van der Waals surface area contributed by atoms with Crippen LogP contribution >= 0.6 is 11.3 Å². The highest BCUT2D eigenvalue weighted by Crippen LogP contribution is 2.34. The van der Waals surface area contributed by atoms with Gasteiger partial charge in [0.15, 0.2) is 0 Å². The number of anilines is 1. The van der Waals surface area contributed by atoms with Crippen molar-refractivity contribution in [2.45, 2.75) is 19.3 Å². The van der Waals surface area contributed by atoms with Gasteiger partial charge in [-0.15, -0.1) is 11.3 Å². The Bertz CT molecular complexity index is 653. The number of thiophene rings is 1. The van der Waals surface area contributed by atoms with Crippen molar-refractivity contribution < 1.29 is 9.90 Å². The number of aliphatic hydroxyl groups excluding tert-OH is 1. The summed E-state index contributed by atoms with van der Waals surface area (Å²) in [4.78, 5) is 12.9. The summed E-state index contributed by atoms with van der Waals surface area (Å²) in [5, 5.41) is 13.3. The normalized spacial score (nSPS) is 21.8. The minimum Gasteiger partial charge on any atom is -0.397 e. The molecule has 0 radical (unpaired) electrons. The third-order valence-electron chi connectivity index (χ3n) is 4.42. The van der Waals surface area contributed by atoms with Crippen LogP contribution in [-0.2, 0) is 0 Å². The SMILES string of the molecule is Nc1c(C(=O)NCC2CCCC2CO)sc2ccccc12. The number of rotatable bonds is 4. The quantitative estimate of drug-likeness (QED) is 0.813. The Balaban J connectivity index is 1.71. The zero-order valence-electron chi connectivity index (χ0n) is 11.8. The summed E-state index contributed by atoms with van der Waals surface area (Å²) in [5.74, 6) is 0.608. The minimum absolute atomic E-state index is 0.0997. The van der Waals surface area contributed by atoms with Gasteiger partial charge in [0.25, 0.3) is 5.91 Å². The van der Waals surface area contributed by atoms with Crippen LogP contribution in [0.5, 0.6) is 0 Å². The largest absolute Gasteiger partial charge is 0.397 e. The van der Waals surface area contributed by atoms with Gasteiger partial charge >= 0.3 is 0 Å². The first-order valence-electron chi connectivity index (χ1n) is 7.36. The molecule has 2 unspecified atom stereocenters. The number of hydrogen-bond donors (Lipinski definition) is 3. The van der Waals surface area contributed by atoms with Gasteiger partial charge in [-0.3, -0.25) is 4.79 Å². The van der Waals surface area contributed by atoms with E-state index in [9.17, 15) is 9.90 Å². The lowest BCUT2D eigenvalue weighted by molar-refractivity contribution is 0.0942. The van der Waals surface area contributed by atoms with Crippen LogP contribution in [0.4, 0.5) is 5.69 Å². The minimum atomic E-state index is -0.0997. The molecule has 112 valence electrons. The molecule has 1 aromatic heterocycles. The number of carbonyl (C=O) groups excluding carboxylic acids is 1. The van der Waals surface area contributed by atoms with Gasteiger partial charge in [-0.05, 0) is 30.7 Å². The van der Waals surface area contributed by atoms with Gasteiger partial charge in [0.05, 0.1) is 5.69 Å². The zero-order chi connectivity index (χ0) is 14.8. The molecule has 1 saturated carbocycles. The number of nitrogens with one attached hydrogen (secondary N) is 1. The first kappa shape index (κ1) is 14.4. The molecule has 5 heteroatoms. The van der Waals surface area contributed by atoms with Crippen LogP contribution < -0.4 is 11.1 Å². The topological polar surface area (TPSA) is 75.4 Å². The van der Waals surface area contributed by atoms with E-state index in [1.54, 1.807) is 0 Å². The Kier molecular flexibility index (Phi) is 4.12. The van der Waals surface area contributed by atoms with E-state index >= 15 is 0 Å². The second kappa shape index (κ2) is 6.03. The van der Waals surface area contributed by atoms with E-state index in [2.05, 4.69) is 5.32 Å². The highest BCUT2D eigenvalue weighted by Gasteiger charge is 2.27. The van der Waals surface area contributed by atoms with E-state index in [1.807, 2.05) is 24.3 Å². The van der Waals surface area contributed by atoms with Crippen molar-refractivity contribution in [2.75, 3.05) is 18.9 Å². The van der Waals surface area contributed by atoms with Gasteiger partial charge in [-0.2, -0.15) is 0 Å². The van der Waals surface area contributed by atoms with Crippen LogP contribution in [0.15, 0.2) is 24.3 Å². The van der Waals surface area contributed by atoms with Crippen LogP contribution in [-0.4, -0.2) is 24.2 Å². The Morgan fingerprint density at radius 1 is 1.33 bits per heavy atom. The number of benzene rings is 1. The molecule has 1 fully saturated rings. The lowest BCUT2D eigenvalue weighted by atomic mass is 9.97. The third-order valence-corrected chi connectivity index (χ3v) is 5.60. The third kappa shape index (κ3) is 2.76. The summed E-state index contributed by atoms with van der Waals surface area (Å²) in [6.07, 6.45) is 3.27. The maximum Gasteiger partial charge on any atom is 0.263 e. The Hall–Kier alpha value is -1.59. The zero-order valence-corrected chi connectivity index (χ0v) is 12.7. The molecular formula is C16H20N2O2S. The van der Waals surface area contributed by atoms with Crippen molar-refractivity contribution in [3.05, 3.63) is 29.1 Å². The Labute approximate surface area is 128 Å². The van der Waals surface area contributed by atoms with Crippen LogP contribution in [0, 0.1) is 11.8 Å². The Morgan fingerprint density at radius 2 is 2.10 bits per heavy atom. The van der Waals surface area contributed by atoms with Crippen molar-refractivity contribution in [2.24, 2.45) is 11.8 Å².